The number of carbonyl (C=O) groups is 1. The second kappa shape index (κ2) is 8.48. The number of hydrogen-bond acceptors (Lipinski definition) is 5. The predicted octanol–water partition coefficient (Wildman–Crippen LogP) is 4.78. The molecule has 156 valence electrons. The number of rotatable bonds is 5. The number of anilines is 1. The van der Waals surface area contributed by atoms with Gasteiger partial charge in [0.1, 0.15) is 23.4 Å². The van der Waals surface area contributed by atoms with E-state index in [1.54, 1.807) is 23.1 Å². The third-order valence-corrected chi connectivity index (χ3v) is 4.84. The molecule has 1 aliphatic rings. The van der Waals surface area contributed by atoms with E-state index in [0.717, 1.165) is 18.6 Å². The average Bonchev–Trinajstić information content (AvgIpc) is 3.39. The Morgan fingerprint density at radius 2 is 2.13 bits per heavy atom. The summed E-state index contributed by atoms with van der Waals surface area (Å²) < 4.78 is 38.0. The van der Waals surface area contributed by atoms with Crippen molar-refractivity contribution in [1.29, 1.82) is 0 Å². The Morgan fingerprint density at radius 1 is 1.30 bits per heavy atom. The summed E-state index contributed by atoms with van der Waals surface area (Å²) in [5, 5.41) is 6.67. The van der Waals surface area contributed by atoms with E-state index in [0.29, 0.717) is 31.0 Å². The van der Waals surface area contributed by atoms with E-state index < -0.39 is 17.7 Å². The van der Waals surface area contributed by atoms with Crippen LogP contribution in [0.1, 0.15) is 31.7 Å². The van der Waals surface area contributed by atoms with Gasteiger partial charge in [-0.1, -0.05) is 17.3 Å². The standard InChI is InChI=1S/C21H20F2N4O3/c1-2-29-18-8-4-3-6-16(18)24-21(28)27-11-5-7-17(27)20-25-19(26-30-20)14-10-9-13(22)12-15(14)23/h3-4,6,8-10,12,17H,2,5,7,11H2,1H3,(H,24,28)/t17-/m0/s1. The minimum Gasteiger partial charge on any atom is -0.492 e. The van der Waals surface area contributed by atoms with E-state index in [-0.39, 0.29) is 23.3 Å². The van der Waals surface area contributed by atoms with Gasteiger partial charge in [0.05, 0.1) is 17.9 Å². The van der Waals surface area contributed by atoms with E-state index in [1.165, 1.54) is 6.07 Å². The summed E-state index contributed by atoms with van der Waals surface area (Å²) in [6.45, 7) is 2.85. The van der Waals surface area contributed by atoms with Crippen molar-refractivity contribution in [2.45, 2.75) is 25.8 Å². The maximum Gasteiger partial charge on any atom is 0.322 e. The number of benzene rings is 2. The van der Waals surface area contributed by atoms with Gasteiger partial charge in [0.15, 0.2) is 0 Å². The Morgan fingerprint density at radius 3 is 2.93 bits per heavy atom. The molecule has 3 aromatic rings. The summed E-state index contributed by atoms with van der Waals surface area (Å²) in [5.74, 6) is -0.672. The predicted molar refractivity (Wildman–Crippen MR) is 105 cm³/mol. The molecule has 1 N–H and O–H groups in total. The summed E-state index contributed by atoms with van der Waals surface area (Å²) in [6.07, 6.45) is 1.39. The van der Waals surface area contributed by atoms with Gasteiger partial charge in [0, 0.05) is 12.6 Å². The largest absolute Gasteiger partial charge is 0.492 e. The van der Waals surface area contributed by atoms with Crippen LogP contribution in [0, 0.1) is 11.6 Å². The monoisotopic (exact) mass is 414 g/mol. The van der Waals surface area contributed by atoms with Crippen molar-refractivity contribution in [3.63, 3.8) is 0 Å². The van der Waals surface area contributed by atoms with Gasteiger partial charge < -0.3 is 19.5 Å². The molecule has 1 atom stereocenters. The van der Waals surface area contributed by atoms with Crippen LogP contribution in [0.3, 0.4) is 0 Å². The molecule has 7 nitrogen and oxygen atoms in total. The molecule has 9 heteroatoms. The number of nitrogens with zero attached hydrogens (tertiary/aromatic N) is 3. The van der Waals surface area contributed by atoms with Crippen molar-refractivity contribution in [3.8, 4) is 17.1 Å². The van der Waals surface area contributed by atoms with Gasteiger partial charge in [-0.05, 0) is 44.0 Å². The molecule has 2 heterocycles. The van der Waals surface area contributed by atoms with Gasteiger partial charge in [-0.25, -0.2) is 13.6 Å². The lowest BCUT2D eigenvalue weighted by molar-refractivity contribution is 0.193. The lowest BCUT2D eigenvalue weighted by Gasteiger charge is -2.23. The van der Waals surface area contributed by atoms with Crippen molar-refractivity contribution in [3.05, 3.63) is 60.0 Å². The number of carbonyl (C=O) groups excluding carboxylic acids is 1. The number of likely N-dealkylation sites (tertiary alicyclic amines) is 1. The van der Waals surface area contributed by atoms with Crippen LogP contribution in [-0.4, -0.2) is 34.2 Å². The molecule has 1 aromatic heterocycles. The first-order valence-electron chi connectivity index (χ1n) is 9.65. The molecule has 2 amide bonds. The Balaban J connectivity index is 1.53. The maximum absolute atomic E-state index is 14.0. The molecule has 2 aromatic carbocycles. The quantitative estimate of drug-likeness (QED) is 0.650. The molecule has 1 fully saturated rings. The summed E-state index contributed by atoms with van der Waals surface area (Å²) >= 11 is 0. The summed E-state index contributed by atoms with van der Waals surface area (Å²) in [7, 11) is 0. The smallest absolute Gasteiger partial charge is 0.322 e. The highest BCUT2D eigenvalue weighted by molar-refractivity contribution is 5.91. The van der Waals surface area contributed by atoms with E-state index in [4.69, 9.17) is 9.26 Å². The average molecular weight is 414 g/mol. The Kier molecular flexibility index (Phi) is 5.60. The lowest BCUT2D eigenvalue weighted by atomic mass is 10.2. The van der Waals surface area contributed by atoms with E-state index in [2.05, 4.69) is 15.5 Å². The van der Waals surface area contributed by atoms with Crippen LogP contribution in [-0.2, 0) is 0 Å². The zero-order chi connectivity index (χ0) is 21.1. The molecule has 0 bridgehead atoms. The maximum atomic E-state index is 14.0. The molecule has 4 rings (SSSR count). The van der Waals surface area contributed by atoms with Crippen LogP contribution in [0.25, 0.3) is 11.4 Å². The zero-order valence-electron chi connectivity index (χ0n) is 16.3. The number of halogens is 2. The molecule has 1 saturated heterocycles. The van der Waals surface area contributed by atoms with Crippen molar-refractivity contribution >= 4 is 11.7 Å². The lowest BCUT2D eigenvalue weighted by Crippen LogP contribution is -2.34. The zero-order valence-corrected chi connectivity index (χ0v) is 16.3. The van der Waals surface area contributed by atoms with Gasteiger partial charge in [0.25, 0.3) is 0 Å². The van der Waals surface area contributed by atoms with Crippen molar-refractivity contribution < 1.29 is 22.8 Å². The Hall–Kier alpha value is -3.49. The fourth-order valence-corrected chi connectivity index (χ4v) is 3.46. The third-order valence-electron chi connectivity index (χ3n) is 4.84. The SMILES string of the molecule is CCOc1ccccc1NC(=O)N1CCC[C@H]1c1nc(-c2ccc(F)cc2F)no1. The molecule has 0 radical (unpaired) electrons. The molecule has 0 saturated carbocycles. The highest BCUT2D eigenvalue weighted by Gasteiger charge is 2.34. The summed E-state index contributed by atoms with van der Waals surface area (Å²) in [5.41, 5.74) is 0.598. The van der Waals surface area contributed by atoms with Gasteiger partial charge in [-0.3, -0.25) is 0 Å². The van der Waals surface area contributed by atoms with E-state index >= 15 is 0 Å². The number of ether oxygens (including phenoxy) is 1. The van der Waals surface area contributed by atoms with Crippen LogP contribution in [0.2, 0.25) is 0 Å². The Labute approximate surface area is 171 Å². The van der Waals surface area contributed by atoms with Crippen molar-refractivity contribution in [2.24, 2.45) is 0 Å². The summed E-state index contributed by atoms with van der Waals surface area (Å²) in [4.78, 5) is 18.7. The van der Waals surface area contributed by atoms with Gasteiger partial charge >= 0.3 is 6.03 Å². The first-order valence-corrected chi connectivity index (χ1v) is 9.65. The molecular weight excluding hydrogens is 394 g/mol. The number of para-hydroxylation sites is 2. The summed E-state index contributed by atoms with van der Waals surface area (Å²) in [6, 6.07) is 9.55. The highest BCUT2D eigenvalue weighted by atomic mass is 19.1. The highest BCUT2D eigenvalue weighted by Crippen LogP contribution is 2.34. The van der Waals surface area contributed by atoms with Crippen LogP contribution in [0.15, 0.2) is 47.0 Å². The number of amides is 2. The van der Waals surface area contributed by atoms with Crippen LogP contribution >= 0.6 is 0 Å². The van der Waals surface area contributed by atoms with Crippen LogP contribution in [0.4, 0.5) is 19.3 Å². The number of nitrogens with one attached hydrogen (secondary N) is 1. The van der Waals surface area contributed by atoms with Crippen LogP contribution < -0.4 is 10.1 Å². The molecule has 1 aliphatic heterocycles. The van der Waals surface area contributed by atoms with Crippen LogP contribution in [0.5, 0.6) is 5.75 Å². The Bertz CT molecular complexity index is 1060. The van der Waals surface area contributed by atoms with Gasteiger partial charge in [0.2, 0.25) is 11.7 Å². The minimum absolute atomic E-state index is 0.0106. The molecular formula is C21H20F2N4O3. The number of urea groups is 1. The van der Waals surface area contributed by atoms with E-state index in [1.807, 2.05) is 13.0 Å². The fourth-order valence-electron chi connectivity index (χ4n) is 3.46. The minimum atomic E-state index is -0.782. The molecule has 0 aliphatic carbocycles. The third kappa shape index (κ3) is 3.96. The van der Waals surface area contributed by atoms with Crippen molar-refractivity contribution in [1.82, 2.24) is 15.0 Å². The topological polar surface area (TPSA) is 80.5 Å². The normalized spacial score (nSPS) is 16.0. The number of hydrogen-bond donors (Lipinski definition) is 1. The molecule has 30 heavy (non-hydrogen) atoms. The second-order valence-corrected chi connectivity index (χ2v) is 6.79. The molecule has 0 spiro atoms. The van der Waals surface area contributed by atoms with E-state index in [9.17, 15) is 13.6 Å². The van der Waals surface area contributed by atoms with Gasteiger partial charge in [-0.2, -0.15) is 4.98 Å². The molecule has 0 unspecified atom stereocenters. The fraction of sp³-hybridized carbons (Fsp3) is 0.286. The second-order valence-electron chi connectivity index (χ2n) is 6.79. The first-order chi connectivity index (χ1) is 14.6. The van der Waals surface area contributed by atoms with Gasteiger partial charge in [-0.15, -0.1) is 0 Å². The number of aromatic nitrogens is 2. The van der Waals surface area contributed by atoms with Crippen molar-refractivity contribution in [2.75, 3.05) is 18.5 Å². The first kappa shape index (κ1) is 19.8.